The van der Waals surface area contributed by atoms with Gasteiger partial charge < -0.3 is 36.6 Å². The summed E-state index contributed by atoms with van der Waals surface area (Å²) >= 11 is 0. The summed E-state index contributed by atoms with van der Waals surface area (Å²) in [5, 5.41) is 10.3. The maximum atomic E-state index is 14.0. The number of amides is 6. The molecule has 1 saturated heterocycles. The molecule has 4 rings (SSSR count). The summed E-state index contributed by atoms with van der Waals surface area (Å²) in [5.74, 6) is -4.36. The quantitative estimate of drug-likeness (QED) is 0.182. The molecular weight excluding hydrogens is 632 g/mol. The molecule has 0 radical (unpaired) electrons. The highest BCUT2D eigenvalue weighted by Crippen LogP contribution is 2.34. The Kier molecular flexibility index (Phi) is 12.8. The predicted molar refractivity (Wildman–Crippen MR) is 178 cm³/mol. The second-order valence-corrected chi connectivity index (χ2v) is 14.3. The number of likely N-dealkylation sites (tertiary alicyclic amines) is 1. The minimum atomic E-state index is -1.16. The number of carbonyl (C=O) groups excluding carboxylic acids is 7. The molecule has 0 aromatic heterocycles. The van der Waals surface area contributed by atoms with Crippen LogP contribution in [0.25, 0.3) is 0 Å². The number of hydrogen-bond acceptors (Lipinski definition) is 8. The molecule has 4 atom stereocenters. The van der Waals surface area contributed by atoms with Gasteiger partial charge in [0.05, 0.1) is 12.6 Å². The molecule has 49 heavy (non-hydrogen) atoms. The number of nitrogens with zero attached hydrogens (tertiary/aromatic N) is 1. The van der Waals surface area contributed by atoms with Crippen molar-refractivity contribution in [1.29, 1.82) is 0 Å². The van der Waals surface area contributed by atoms with Crippen LogP contribution in [0.15, 0.2) is 30.3 Å². The number of rotatable bonds is 14. The fourth-order valence-corrected chi connectivity index (χ4v) is 6.53. The van der Waals surface area contributed by atoms with E-state index >= 15 is 0 Å². The fourth-order valence-electron chi connectivity index (χ4n) is 6.53. The third-order valence-corrected chi connectivity index (χ3v) is 9.15. The zero-order chi connectivity index (χ0) is 35.7. The van der Waals surface area contributed by atoms with Gasteiger partial charge in [0.2, 0.25) is 29.4 Å². The molecule has 3 aliphatic rings. The van der Waals surface area contributed by atoms with Crippen LogP contribution in [0.5, 0.6) is 0 Å². The van der Waals surface area contributed by atoms with E-state index in [2.05, 4.69) is 21.3 Å². The number of benzene rings is 1. The number of ketones is 1. The molecule has 0 bridgehead atoms. The number of carbonyl (C=O) groups is 7. The van der Waals surface area contributed by atoms with E-state index in [4.69, 9.17) is 10.5 Å². The summed E-state index contributed by atoms with van der Waals surface area (Å²) < 4.78 is 5.45. The van der Waals surface area contributed by atoms with Gasteiger partial charge in [-0.3, -0.25) is 28.8 Å². The van der Waals surface area contributed by atoms with Gasteiger partial charge in [-0.25, -0.2) is 4.79 Å². The molecule has 3 fully saturated rings. The lowest BCUT2D eigenvalue weighted by molar-refractivity contribution is -0.143. The number of nitrogens with one attached hydrogen (secondary N) is 4. The number of primary amides is 1. The summed E-state index contributed by atoms with van der Waals surface area (Å²) in [4.78, 5) is 92.7. The van der Waals surface area contributed by atoms with E-state index in [-0.39, 0.29) is 24.2 Å². The Bertz CT molecular complexity index is 1390. The van der Waals surface area contributed by atoms with E-state index in [1.54, 1.807) is 51.1 Å². The van der Waals surface area contributed by atoms with Gasteiger partial charge in [0, 0.05) is 6.54 Å². The Hall–Kier alpha value is -4.49. The predicted octanol–water partition coefficient (Wildman–Crippen LogP) is 1.76. The standard InChI is InChI=1S/C35H50N6O8/c1-35(2,3)49-34(48)40-28(23-13-8-5-9-14-23)33(47)41-18-10-15-25(41)31(45)38-24(19-21-16-17-21)29(43)32(46)37-20-26(42)39-27(30(36)44)22-11-6-4-7-12-22/h4,6-7,11-12,21,23-25,27-28H,5,8-10,13-20H2,1-3H3,(H2,36,44)(H,37,46)(H,38,45)(H,39,42)(H,40,48). The molecule has 4 unspecified atom stereocenters. The molecule has 1 aromatic carbocycles. The Balaban J connectivity index is 1.39. The second-order valence-electron chi connectivity index (χ2n) is 14.3. The smallest absolute Gasteiger partial charge is 0.408 e. The summed E-state index contributed by atoms with van der Waals surface area (Å²) in [5.41, 5.74) is 5.16. The van der Waals surface area contributed by atoms with Crippen LogP contribution in [0.4, 0.5) is 4.79 Å². The molecule has 14 nitrogen and oxygen atoms in total. The van der Waals surface area contributed by atoms with E-state index < -0.39 is 71.8 Å². The Labute approximate surface area is 287 Å². The molecule has 6 N–H and O–H groups in total. The normalized spacial score (nSPS) is 19.9. The number of hydrogen-bond donors (Lipinski definition) is 5. The van der Waals surface area contributed by atoms with E-state index in [0.717, 1.165) is 44.9 Å². The molecule has 2 saturated carbocycles. The number of Topliss-reactive ketones (excluding diaryl/α,β-unsaturated/α-hetero) is 1. The van der Waals surface area contributed by atoms with Gasteiger partial charge in [0.1, 0.15) is 23.7 Å². The highest BCUT2D eigenvalue weighted by Gasteiger charge is 2.43. The first-order valence-corrected chi connectivity index (χ1v) is 17.3. The van der Waals surface area contributed by atoms with Crippen LogP contribution >= 0.6 is 0 Å². The van der Waals surface area contributed by atoms with E-state index in [0.29, 0.717) is 24.9 Å². The van der Waals surface area contributed by atoms with Crippen molar-refractivity contribution in [3.63, 3.8) is 0 Å². The van der Waals surface area contributed by atoms with E-state index in [1.807, 2.05) is 0 Å². The van der Waals surface area contributed by atoms with Gasteiger partial charge in [-0.1, -0.05) is 62.4 Å². The molecule has 1 aromatic rings. The van der Waals surface area contributed by atoms with Gasteiger partial charge >= 0.3 is 6.09 Å². The van der Waals surface area contributed by atoms with Gasteiger partial charge in [-0.05, 0) is 70.3 Å². The molecule has 268 valence electrons. The minimum absolute atomic E-state index is 0.103. The van der Waals surface area contributed by atoms with Crippen molar-refractivity contribution in [2.24, 2.45) is 17.6 Å². The molecular formula is C35H50N6O8. The van der Waals surface area contributed by atoms with Crippen molar-refractivity contribution in [1.82, 2.24) is 26.2 Å². The lowest BCUT2D eigenvalue weighted by atomic mass is 9.83. The van der Waals surface area contributed by atoms with E-state index in [1.165, 1.54) is 4.90 Å². The maximum absolute atomic E-state index is 14.0. The summed E-state index contributed by atoms with van der Waals surface area (Å²) in [7, 11) is 0. The second kappa shape index (κ2) is 16.8. The molecule has 0 spiro atoms. The molecule has 2 aliphatic carbocycles. The Morgan fingerprint density at radius 2 is 1.55 bits per heavy atom. The summed E-state index contributed by atoms with van der Waals surface area (Å²) in [6.45, 7) is 4.94. The van der Waals surface area contributed by atoms with Crippen molar-refractivity contribution < 1.29 is 38.3 Å². The number of alkyl carbamates (subject to hydrolysis) is 1. The number of ether oxygens (including phenoxy) is 1. The van der Waals surface area contributed by atoms with Crippen LogP contribution in [0, 0.1) is 11.8 Å². The zero-order valence-electron chi connectivity index (χ0n) is 28.6. The van der Waals surface area contributed by atoms with Gasteiger partial charge in [0.15, 0.2) is 0 Å². The van der Waals surface area contributed by atoms with Crippen LogP contribution in [-0.4, -0.2) is 83.1 Å². The van der Waals surface area contributed by atoms with Crippen LogP contribution in [0.1, 0.15) is 96.6 Å². The van der Waals surface area contributed by atoms with Crippen LogP contribution in [0.3, 0.4) is 0 Å². The average molecular weight is 683 g/mol. The van der Waals surface area contributed by atoms with Crippen molar-refractivity contribution in [3.8, 4) is 0 Å². The van der Waals surface area contributed by atoms with Crippen molar-refractivity contribution in [3.05, 3.63) is 35.9 Å². The highest BCUT2D eigenvalue weighted by molar-refractivity contribution is 6.38. The van der Waals surface area contributed by atoms with Gasteiger partial charge in [-0.2, -0.15) is 0 Å². The van der Waals surface area contributed by atoms with Gasteiger partial charge in [0.25, 0.3) is 5.91 Å². The molecule has 1 heterocycles. The first kappa shape index (κ1) is 37.3. The topological polar surface area (TPSA) is 206 Å². The van der Waals surface area contributed by atoms with Crippen molar-refractivity contribution in [2.45, 2.75) is 115 Å². The Morgan fingerprint density at radius 1 is 0.878 bits per heavy atom. The molecule has 6 amide bonds. The highest BCUT2D eigenvalue weighted by atomic mass is 16.6. The lowest BCUT2D eigenvalue weighted by Gasteiger charge is -2.35. The van der Waals surface area contributed by atoms with Crippen LogP contribution in [-0.2, 0) is 33.5 Å². The summed E-state index contributed by atoms with van der Waals surface area (Å²) in [6.07, 6.45) is 6.61. The first-order valence-electron chi connectivity index (χ1n) is 17.3. The van der Waals surface area contributed by atoms with E-state index in [9.17, 15) is 33.6 Å². The van der Waals surface area contributed by atoms with Crippen molar-refractivity contribution >= 4 is 41.4 Å². The molecule has 14 heteroatoms. The zero-order valence-corrected chi connectivity index (χ0v) is 28.6. The maximum Gasteiger partial charge on any atom is 0.408 e. The monoisotopic (exact) mass is 682 g/mol. The van der Waals surface area contributed by atoms with Crippen LogP contribution in [0.2, 0.25) is 0 Å². The third-order valence-electron chi connectivity index (χ3n) is 9.15. The van der Waals surface area contributed by atoms with Crippen molar-refractivity contribution in [2.75, 3.05) is 13.1 Å². The molecule has 1 aliphatic heterocycles. The Morgan fingerprint density at radius 3 is 2.16 bits per heavy atom. The number of nitrogens with two attached hydrogens (primary N) is 1. The lowest BCUT2D eigenvalue weighted by Crippen LogP contribution is -2.58. The fraction of sp³-hybridized carbons (Fsp3) is 0.629. The van der Waals surface area contributed by atoms with Crippen LogP contribution < -0.4 is 27.0 Å². The third kappa shape index (κ3) is 11.0. The minimum Gasteiger partial charge on any atom is -0.444 e. The average Bonchev–Trinajstić information content (AvgIpc) is 3.74. The SMILES string of the molecule is CC(C)(C)OC(=O)NC(C(=O)N1CCCC1C(=O)NC(CC1CC1)C(=O)C(=O)NCC(=O)NC(C(N)=O)c1ccccc1)C1CCCCC1. The van der Waals surface area contributed by atoms with Gasteiger partial charge in [-0.15, -0.1) is 0 Å². The summed E-state index contributed by atoms with van der Waals surface area (Å²) in [6, 6.07) is 4.32. The first-order chi connectivity index (χ1) is 23.2. The largest absolute Gasteiger partial charge is 0.444 e.